The Morgan fingerprint density at radius 1 is 1.40 bits per heavy atom. The SMILES string of the molecule is O=S(=O)(Nc1ccc(F)c(Cl)c1)c1cc(CO)oc1Br. The molecular formula is C11H8BrClFNO4S. The summed E-state index contributed by atoms with van der Waals surface area (Å²) >= 11 is 8.53. The van der Waals surface area contributed by atoms with Crippen molar-refractivity contribution in [2.24, 2.45) is 0 Å². The van der Waals surface area contributed by atoms with E-state index in [1.165, 1.54) is 12.1 Å². The van der Waals surface area contributed by atoms with Gasteiger partial charge in [0.15, 0.2) is 4.67 Å². The molecule has 0 amide bonds. The molecule has 2 rings (SSSR count). The molecule has 108 valence electrons. The normalized spacial score (nSPS) is 11.6. The largest absolute Gasteiger partial charge is 0.450 e. The number of aliphatic hydroxyl groups is 1. The Kier molecular flexibility index (Phi) is 4.38. The van der Waals surface area contributed by atoms with Crippen molar-refractivity contribution < 1.29 is 22.3 Å². The standard InChI is InChI=1S/C11H8BrClFNO4S/c12-11-10(4-7(5-16)19-11)20(17,18)15-6-1-2-9(14)8(13)3-6/h1-4,15-16H,5H2. The van der Waals surface area contributed by atoms with Crippen molar-refractivity contribution in [3.63, 3.8) is 0 Å². The van der Waals surface area contributed by atoms with E-state index in [0.29, 0.717) is 0 Å². The minimum absolute atomic E-state index is 0.0396. The Labute approximate surface area is 127 Å². The van der Waals surface area contributed by atoms with Gasteiger partial charge in [-0.1, -0.05) is 11.6 Å². The van der Waals surface area contributed by atoms with Gasteiger partial charge in [0.1, 0.15) is 23.1 Å². The zero-order valence-corrected chi connectivity index (χ0v) is 12.9. The van der Waals surface area contributed by atoms with E-state index in [4.69, 9.17) is 21.1 Å². The first-order valence-electron chi connectivity index (χ1n) is 5.20. The van der Waals surface area contributed by atoms with E-state index in [1.54, 1.807) is 0 Å². The zero-order chi connectivity index (χ0) is 14.9. The lowest BCUT2D eigenvalue weighted by molar-refractivity contribution is 0.245. The Morgan fingerprint density at radius 2 is 2.10 bits per heavy atom. The van der Waals surface area contributed by atoms with Gasteiger partial charge in [-0.15, -0.1) is 0 Å². The Bertz CT molecular complexity index is 747. The Morgan fingerprint density at radius 3 is 2.65 bits per heavy atom. The molecule has 1 aromatic heterocycles. The lowest BCUT2D eigenvalue weighted by atomic mass is 10.3. The zero-order valence-electron chi connectivity index (χ0n) is 9.73. The highest BCUT2D eigenvalue weighted by Crippen LogP contribution is 2.28. The van der Waals surface area contributed by atoms with E-state index < -0.39 is 22.4 Å². The quantitative estimate of drug-likeness (QED) is 0.849. The van der Waals surface area contributed by atoms with Gasteiger partial charge < -0.3 is 9.52 Å². The topological polar surface area (TPSA) is 79.5 Å². The molecule has 0 aliphatic carbocycles. The Hall–Kier alpha value is -1.09. The fourth-order valence-corrected chi connectivity index (χ4v) is 3.66. The summed E-state index contributed by atoms with van der Waals surface area (Å²) in [6, 6.07) is 4.61. The molecule has 1 heterocycles. The monoisotopic (exact) mass is 383 g/mol. The first-order chi connectivity index (χ1) is 9.33. The average molecular weight is 385 g/mol. The fraction of sp³-hybridized carbons (Fsp3) is 0.0909. The number of rotatable bonds is 4. The molecule has 2 N–H and O–H groups in total. The van der Waals surface area contributed by atoms with Gasteiger partial charge in [-0.2, -0.15) is 0 Å². The highest BCUT2D eigenvalue weighted by Gasteiger charge is 2.22. The van der Waals surface area contributed by atoms with E-state index >= 15 is 0 Å². The van der Waals surface area contributed by atoms with Gasteiger partial charge in [0, 0.05) is 6.07 Å². The van der Waals surface area contributed by atoms with Crippen LogP contribution in [0, 0.1) is 5.82 Å². The maximum absolute atomic E-state index is 13.0. The summed E-state index contributed by atoms with van der Waals surface area (Å²) in [6.45, 7) is -0.434. The van der Waals surface area contributed by atoms with Gasteiger partial charge in [-0.3, -0.25) is 4.72 Å². The predicted octanol–water partition coefficient (Wildman–Crippen LogP) is 3.13. The molecule has 9 heteroatoms. The number of anilines is 1. The third-order valence-corrected chi connectivity index (χ3v) is 4.85. The Balaban J connectivity index is 2.35. The molecule has 2 aromatic rings. The van der Waals surface area contributed by atoms with Crippen LogP contribution in [-0.4, -0.2) is 13.5 Å². The van der Waals surface area contributed by atoms with Crippen molar-refractivity contribution >= 4 is 43.2 Å². The lowest BCUT2D eigenvalue weighted by Crippen LogP contribution is -2.12. The number of hydrogen-bond acceptors (Lipinski definition) is 4. The van der Waals surface area contributed by atoms with Crippen LogP contribution in [0.5, 0.6) is 0 Å². The summed E-state index contributed by atoms with van der Waals surface area (Å²) in [5.74, 6) is -0.559. The van der Waals surface area contributed by atoms with Crippen LogP contribution in [0.25, 0.3) is 0 Å². The molecule has 0 atom stereocenters. The van der Waals surface area contributed by atoms with Crippen LogP contribution in [0.1, 0.15) is 5.76 Å². The number of nitrogens with one attached hydrogen (secondary N) is 1. The van der Waals surface area contributed by atoms with Gasteiger partial charge >= 0.3 is 0 Å². The van der Waals surface area contributed by atoms with Crippen molar-refractivity contribution in [2.45, 2.75) is 11.5 Å². The number of furan rings is 1. The van der Waals surface area contributed by atoms with Crippen LogP contribution in [-0.2, 0) is 16.6 Å². The molecule has 0 aliphatic heterocycles. The summed E-state index contributed by atoms with van der Waals surface area (Å²) in [5.41, 5.74) is 0.107. The van der Waals surface area contributed by atoms with Gasteiger partial charge in [-0.05, 0) is 34.1 Å². The lowest BCUT2D eigenvalue weighted by Gasteiger charge is -2.07. The number of benzene rings is 1. The van der Waals surface area contributed by atoms with Crippen molar-refractivity contribution in [3.05, 3.63) is 45.5 Å². The van der Waals surface area contributed by atoms with E-state index in [1.807, 2.05) is 0 Å². The number of hydrogen-bond donors (Lipinski definition) is 2. The van der Waals surface area contributed by atoms with Crippen LogP contribution in [0.3, 0.4) is 0 Å². The molecule has 0 fully saturated rings. The minimum Gasteiger partial charge on any atom is -0.450 e. The molecule has 0 bridgehead atoms. The van der Waals surface area contributed by atoms with E-state index in [0.717, 1.165) is 12.1 Å². The molecular weight excluding hydrogens is 377 g/mol. The second kappa shape index (κ2) is 5.72. The van der Waals surface area contributed by atoms with E-state index in [9.17, 15) is 12.8 Å². The third-order valence-electron chi connectivity index (χ3n) is 2.32. The van der Waals surface area contributed by atoms with Crippen LogP contribution >= 0.6 is 27.5 Å². The molecule has 20 heavy (non-hydrogen) atoms. The van der Waals surface area contributed by atoms with Crippen molar-refractivity contribution in [2.75, 3.05) is 4.72 Å². The molecule has 0 aliphatic rings. The average Bonchev–Trinajstić information content (AvgIpc) is 2.76. The van der Waals surface area contributed by atoms with Gasteiger partial charge in [-0.25, -0.2) is 12.8 Å². The maximum Gasteiger partial charge on any atom is 0.266 e. The van der Waals surface area contributed by atoms with Crippen molar-refractivity contribution in [1.82, 2.24) is 0 Å². The van der Waals surface area contributed by atoms with E-state index in [-0.39, 0.29) is 26.0 Å². The summed E-state index contributed by atoms with van der Waals surface area (Å²) in [6.07, 6.45) is 0. The van der Waals surface area contributed by atoms with Crippen molar-refractivity contribution in [1.29, 1.82) is 0 Å². The second-order valence-electron chi connectivity index (χ2n) is 3.74. The van der Waals surface area contributed by atoms with Gasteiger partial charge in [0.05, 0.1) is 10.7 Å². The summed E-state index contributed by atoms with van der Waals surface area (Å²) in [5, 5.41) is 8.71. The molecule has 0 radical (unpaired) electrons. The first kappa shape index (κ1) is 15.3. The highest BCUT2D eigenvalue weighted by atomic mass is 79.9. The smallest absolute Gasteiger partial charge is 0.266 e. The molecule has 0 unspecified atom stereocenters. The number of aliphatic hydroxyl groups excluding tert-OH is 1. The minimum atomic E-state index is -3.95. The second-order valence-corrected chi connectivity index (χ2v) is 6.52. The highest BCUT2D eigenvalue weighted by molar-refractivity contribution is 9.10. The summed E-state index contributed by atoms with van der Waals surface area (Å²) < 4.78 is 44.4. The molecule has 5 nitrogen and oxygen atoms in total. The molecule has 0 saturated heterocycles. The van der Waals surface area contributed by atoms with Gasteiger partial charge in [0.25, 0.3) is 10.0 Å². The van der Waals surface area contributed by atoms with Crippen LogP contribution in [0.4, 0.5) is 10.1 Å². The number of sulfonamides is 1. The summed E-state index contributed by atoms with van der Waals surface area (Å²) in [4.78, 5) is -0.179. The van der Waals surface area contributed by atoms with Crippen molar-refractivity contribution in [3.8, 4) is 0 Å². The van der Waals surface area contributed by atoms with Crippen LogP contribution in [0.15, 0.2) is 38.2 Å². The van der Waals surface area contributed by atoms with E-state index in [2.05, 4.69) is 20.7 Å². The van der Waals surface area contributed by atoms with Gasteiger partial charge in [0.2, 0.25) is 0 Å². The summed E-state index contributed by atoms with van der Waals surface area (Å²) in [7, 11) is -3.95. The molecule has 0 saturated carbocycles. The number of halogens is 3. The van der Waals surface area contributed by atoms with Crippen LogP contribution in [0.2, 0.25) is 5.02 Å². The molecule has 1 aromatic carbocycles. The first-order valence-corrected chi connectivity index (χ1v) is 7.86. The predicted molar refractivity (Wildman–Crippen MR) is 74.5 cm³/mol. The third kappa shape index (κ3) is 3.14. The fourth-order valence-electron chi connectivity index (χ4n) is 1.43. The molecule has 0 spiro atoms. The van der Waals surface area contributed by atoms with Crippen LogP contribution < -0.4 is 4.72 Å². The maximum atomic E-state index is 13.0.